The molecule has 0 aliphatic rings. The van der Waals surface area contributed by atoms with Crippen LogP contribution in [0.3, 0.4) is 0 Å². The Morgan fingerprint density at radius 1 is 1.11 bits per heavy atom. The number of alkyl carbamates (subject to hydrolysis) is 1. The molecule has 108 valence electrons. The Bertz CT molecular complexity index is 287. The first-order chi connectivity index (χ1) is 7.71. The Morgan fingerprint density at radius 2 is 1.56 bits per heavy atom. The lowest BCUT2D eigenvalue weighted by atomic mass is 9.84. The molecule has 0 aliphatic heterocycles. The number of halogens is 3. The van der Waals surface area contributed by atoms with Crippen LogP contribution in [-0.2, 0) is 4.74 Å². The van der Waals surface area contributed by atoms with Crippen LogP contribution in [0.15, 0.2) is 0 Å². The minimum atomic E-state index is -4.33. The molecule has 1 N–H and O–H groups in total. The van der Waals surface area contributed by atoms with Crippen LogP contribution < -0.4 is 5.32 Å². The molecule has 0 bridgehead atoms. The van der Waals surface area contributed by atoms with Gasteiger partial charge >= 0.3 is 12.3 Å². The fourth-order valence-corrected chi connectivity index (χ4v) is 1.25. The molecule has 0 aromatic rings. The molecular formula is C12H22F3NO2. The second-order valence-corrected chi connectivity index (χ2v) is 6.38. The van der Waals surface area contributed by atoms with Crippen molar-refractivity contribution >= 4 is 6.09 Å². The average molecular weight is 269 g/mol. The summed E-state index contributed by atoms with van der Waals surface area (Å²) in [6, 6.07) is -1.02. The Kier molecular flexibility index (Phi) is 5.08. The summed E-state index contributed by atoms with van der Waals surface area (Å²) in [5, 5.41) is 2.29. The van der Waals surface area contributed by atoms with E-state index in [-0.39, 0.29) is 0 Å². The van der Waals surface area contributed by atoms with Gasteiger partial charge in [0.25, 0.3) is 0 Å². The van der Waals surface area contributed by atoms with E-state index in [1.165, 1.54) is 0 Å². The smallest absolute Gasteiger partial charge is 0.407 e. The highest BCUT2D eigenvalue weighted by molar-refractivity contribution is 5.68. The molecule has 3 nitrogen and oxygen atoms in total. The van der Waals surface area contributed by atoms with Gasteiger partial charge in [0.05, 0.1) is 6.42 Å². The molecule has 0 spiro atoms. The third-order valence-electron chi connectivity index (χ3n) is 2.17. The highest BCUT2D eigenvalue weighted by Crippen LogP contribution is 2.30. The minimum absolute atomic E-state index is 0.702. The fourth-order valence-electron chi connectivity index (χ4n) is 1.25. The molecule has 0 heterocycles. The quantitative estimate of drug-likeness (QED) is 0.826. The van der Waals surface area contributed by atoms with Crippen molar-refractivity contribution < 1.29 is 22.7 Å². The van der Waals surface area contributed by atoms with Gasteiger partial charge in [0, 0.05) is 6.04 Å². The molecule has 0 saturated carbocycles. The number of hydrogen-bond donors (Lipinski definition) is 1. The maximum atomic E-state index is 12.4. The van der Waals surface area contributed by atoms with E-state index in [1.807, 2.05) is 0 Å². The van der Waals surface area contributed by atoms with Crippen LogP contribution in [0.5, 0.6) is 0 Å². The monoisotopic (exact) mass is 269 g/mol. The summed E-state index contributed by atoms with van der Waals surface area (Å²) in [4.78, 5) is 11.5. The molecule has 6 heteroatoms. The second kappa shape index (κ2) is 5.36. The van der Waals surface area contributed by atoms with Crippen molar-refractivity contribution in [1.82, 2.24) is 5.32 Å². The number of nitrogens with one attached hydrogen (secondary N) is 1. The summed E-state index contributed by atoms with van der Waals surface area (Å²) in [7, 11) is 0. The van der Waals surface area contributed by atoms with Gasteiger partial charge in [0.15, 0.2) is 0 Å². The number of alkyl halides is 3. The average Bonchev–Trinajstić information content (AvgIpc) is 1.93. The van der Waals surface area contributed by atoms with Gasteiger partial charge in [0.2, 0.25) is 0 Å². The summed E-state index contributed by atoms with van der Waals surface area (Å²) in [6.07, 6.45) is -6.23. The highest BCUT2D eigenvalue weighted by atomic mass is 19.4. The zero-order chi connectivity index (χ0) is 14.8. The number of carbonyl (C=O) groups excluding carboxylic acids is 1. The summed E-state index contributed by atoms with van der Waals surface area (Å²) >= 11 is 0. The zero-order valence-electron chi connectivity index (χ0n) is 11.7. The molecule has 1 atom stereocenters. The minimum Gasteiger partial charge on any atom is -0.444 e. The van der Waals surface area contributed by atoms with Gasteiger partial charge < -0.3 is 10.1 Å². The first-order valence-corrected chi connectivity index (χ1v) is 5.77. The molecule has 1 unspecified atom stereocenters. The molecule has 0 aliphatic carbocycles. The number of rotatable bonds is 2. The van der Waals surface area contributed by atoms with E-state index in [4.69, 9.17) is 4.74 Å². The standard InChI is InChI=1S/C12H22F3NO2/c1-10(2,3)8(7-12(13,14)15)16-9(17)18-11(4,5)6/h8H,7H2,1-6H3,(H,16,17). The number of carbonyl (C=O) groups is 1. The lowest BCUT2D eigenvalue weighted by molar-refractivity contribution is -0.145. The van der Waals surface area contributed by atoms with E-state index in [9.17, 15) is 18.0 Å². The van der Waals surface area contributed by atoms with Crippen molar-refractivity contribution in [2.45, 2.75) is 65.8 Å². The first-order valence-electron chi connectivity index (χ1n) is 5.77. The van der Waals surface area contributed by atoms with Crippen LogP contribution in [0, 0.1) is 5.41 Å². The summed E-state index contributed by atoms with van der Waals surface area (Å²) in [5.74, 6) is 0. The van der Waals surface area contributed by atoms with Crippen molar-refractivity contribution in [3.8, 4) is 0 Å². The van der Waals surface area contributed by atoms with Crippen molar-refractivity contribution in [2.24, 2.45) is 5.41 Å². The maximum absolute atomic E-state index is 12.4. The van der Waals surface area contributed by atoms with Crippen molar-refractivity contribution in [3.63, 3.8) is 0 Å². The fraction of sp³-hybridized carbons (Fsp3) is 0.917. The van der Waals surface area contributed by atoms with Gasteiger partial charge in [0.1, 0.15) is 5.60 Å². The van der Waals surface area contributed by atoms with E-state index in [0.29, 0.717) is 0 Å². The van der Waals surface area contributed by atoms with Crippen LogP contribution in [0.25, 0.3) is 0 Å². The van der Waals surface area contributed by atoms with Crippen LogP contribution >= 0.6 is 0 Å². The zero-order valence-corrected chi connectivity index (χ0v) is 11.7. The Labute approximate surface area is 106 Å². The molecule has 0 aromatic heterocycles. The van der Waals surface area contributed by atoms with E-state index >= 15 is 0 Å². The van der Waals surface area contributed by atoms with Crippen LogP contribution in [0.2, 0.25) is 0 Å². The van der Waals surface area contributed by atoms with Crippen LogP contribution in [-0.4, -0.2) is 23.9 Å². The normalized spacial score (nSPS) is 15.2. The lowest BCUT2D eigenvalue weighted by Gasteiger charge is -2.33. The van der Waals surface area contributed by atoms with Gasteiger partial charge in [-0.1, -0.05) is 20.8 Å². The lowest BCUT2D eigenvalue weighted by Crippen LogP contribution is -2.47. The second-order valence-electron chi connectivity index (χ2n) is 6.38. The summed E-state index contributed by atoms with van der Waals surface area (Å²) in [6.45, 7) is 9.88. The predicted molar refractivity (Wildman–Crippen MR) is 63.3 cm³/mol. The highest BCUT2D eigenvalue weighted by Gasteiger charge is 2.38. The van der Waals surface area contributed by atoms with Crippen LogP contribution in [0.4, 0.5) is 18.0 Å². The molecule has 0 saturated heterocycles. The SMILES string of the molecule is CC(C)(C)OC(=O)NC(CC(F)(F)F)C(C)(C)C. The van der Waals surface area contributed by atoms with Crippen molar-refractivity contribution in [2.75, 3.05) is 0 Å². The first kappa shape index (κ1) is 17.1. The third-order valence-corrected chi connectivity index (χ3v) is 2.17. The number of amides is 1. The Morgan fingerprint density at radius 3 is 1.83 bits per heavy atom. The molecule has 18 heavy (non-hydrogen) atoms. The van der Waals surface area contributed by atoms with E-state index in [0.717, 1.165) is 0 Å². The molecule has 0 fully saturated rings. The summed E-state index contributed by atoms with van der Waals surface area (Å²) < 4.78 is 42.3. The molecule has 0 aromatic carbocycles. The van der Waals surface area contributed by atoms with E-state index in [2.05, 4.69) is 5.32 Å². The third kappa shape index (κ3) is 8.20. The van der Waals surface area contributed by atoms with Gasteiger partial charge in [-0.05, 0) is 26.2 Å². The molecule has 0 rings (SSSR count). The van der Waals surface area contributed by atoms with Gasteiger partial charge in [-0.3, -0.25) is 0 Å². The van der Waals surface area contributed by atoms with E-state index < -0.39 is 35.7 Å². The van der Waals surface area contributed by atoms with Crippen molar-refractivity contribution in [3.05, 3.63) is 0 Å². The molecule has 1 amide bonds. The maximum Gasteiger partial charge on any atom is 0.407 e. The van der Waals surface area contributed by atoms with Crippen LogP contribution in [0.1, 0.15) is 48.0 Å². The van der Waals surface area contributed by atoms with Gasteiger partial charge in [-0.2, -0.15) is 13.2 Å². The molecular weight excluding hydrogens is 247 g/mol. The number of hydrogen-bond acceptors (Lipinski definition) is 2. The molecule has 0 radical (unpaired) electrons. The van der Waals surface area contributed by atoms with Gasteiger partial charge in [-0.15, -0.1) is 0 Å². The Balaban J connectivity index is 4.67. The van der Waals surface area contributed by atoms with Gasteiger partial charge in [-0.25, -0.2) is 4.79 Å². The topological polar surface area (TPSA) is 38.3 Å². The Hall–Kier alpha value is -0.940. The number of ether oxygens (including phenoxy) is 1. The van der Waals surface area contributed by atoms with E-state index in [1.54, 1.807) is 41.5 Å². The summed E-state index contributed by atoms with van der Waals surface area (Å²) in [5.41, 5.74) is -1.43. The predicted octanol–water partition coefficient (Wildman–Crippen LogP) is 3.88. The largest absolute Gasteiger partial charge is 0.444 e. The van der Waals surface area contributed by atoms with Crippen molar-refractivity contribution in [1.29, 1.82) is 0 Å².